The minimum atomic E-state index is 0.101. The van der Waals surface area contributed by atoms with Crippen LogP contribution in [-0.4, -0.2) is 5.91 Å². The summed E-state index contributed by atoms with van der Waals surface area (Å²) in [6, 6.07) is 8.06. The summed E-state index contributed by atoms with van der Waals surface area (Å²) in [7, 11) is 0. The van der Waals surface area contributed by atoms with Crippen LogP contribution < -0.4 is 5.32 Å². The molecule has 2 rings (SSSR count). The molecule has 0 saturated heterocycles. The molecule has 1 aromatic carbocycles. The van der Waals surface area contributed by atoms with Gasteiger partial charge in [0.1, 0.15) is 0 Å². The monoisotopic (exact) mass is 287 g/mol. The Morgan fingerprint density at radius 1 is 1.24 bits per heavy atom. The number of hydrogen-bond acceptors (Lipinski definition) is 1. The summed E-state index contributed by atoms with van der Waals surface area (Å²) in [5.41, 5.74) is 2.51. The third-order valence-corrected chi connectivity index (χ3v) is 5.15. The number of hydrogen-bond donors (Lipinski definition) is 1. The molecule has 1 fully saturated rings. The number of carbonyl (C=O) groups is 1. The highest BCUT2D eigenvalue weighted by molar-refractivity contribution is 5.93. The number of carbonyl (C=O) groups excluding carboxylic acids is 1. The summed E-state index contributed by atoms with van der Waals surface area (Å²) < 4.78 is 0. The largest absolute Gasteiger partial charge is 0.326 e. The van der Waals surface area contributed by atoms with Crippen molar-refractivity contribution in [2.45, 2.75) is 53.9 Å². The third-order valence-electron chi connectivity index (χ3n) is 5.15. The molecular formula is C19H29NO. The van der Waals surface area contributed by atoms with Crippen LogP contribution in [-0.2, 0) is 4.79 Å². The van der Waals surface area contributed by atoms with Gasteiger partial charge in [0, 0.05) is 11.6 Å². The van der Waals surface area contributed by atoms with E-state index in [4.69, 9.17) is 0 Å². The fourth-order valence-corrected chi connectivity index (χ4v) is 3.56. The molecule has 0 bridgehead atoms. The Bertz CT molecular complexity index is 485. The Kier molecular flexibility index (Phi) is 4.75. The van der Waals surface area contributed by atoms with Crippen molar-refractivity contribution >= 4 is 11.6 Å². The van der Waals surface area contributed by atoms with Gasteiger partial charge in [-0.2, -0.15) is 0 Å². The second-order valence-electron chi connectivity index (χ2n) is 7.29. The first-order valence-electron chi connectivity index (χ1n) is 8.25. The molecule has 1 amide bonds. The fraction of sp³-hybridized carbons (Fsp3) is 0.632. The average molecular weight is 287 g/mol. The highest BCUT2D eigenvalue weighted by atomic mass is 16.1. The third kappa shape index (κ3) is 3.66. The minimum Gasteiger partial charge on any atom is -0.326 e. The molecule has 1 saturated carbocycles. The zero-order valence-electron chi connectivity index (χ0n) is 14.1. The van der Waals surface area contributed by atoms with E-state index >= 15 is 0 Å². The molecule has 2 atom stereocenters. The molecule has 1 aromatic rings. The lowest BCUT2D eigenvalue weighted by Gasteiger charge is -2.33. The van der Waals surface area contributed by atoms with Gasteiger partial charge < -0.3 is 5.32 Å². The molecule has 21 heavy (non-hydrogen) atoms. The van der Waals surface area contributed by atoms with Crippen LogP contribution in [0.4, 0.5) is 5.69 Å². The van der Waals surface area contributed by atoms with E-state index in [0.29, 0.717) is 17.3 Å². The Hall–Kier alpha value is -1.31. The van der Waals surface area contributed by atoms with E-state index in [9.17, 15) is 4.79 Å². The van der Waals surface area contributed by atoms with E-state index in [1.165, 1.54) is 18.4 Å². The summed E-state index contributed by atoms with van der Waals surface area (Å²) >= 11 is 0. The molecule has 2 unspecified atom stereocenters. The lowest BCUT2D eigenvalue weighted by atomic mass is 9.73. The van der Waals surface area contributed by atoms with Crippen molar-refractivity contribution in [2.24, 2.45) is 23.2 Å². The van der Waals surface area contributed by atoms with Crippen LogP contribution in [0.5, 0.6) is 0 Å². The Morgan fingerprint density at radius 2 is 1.81 bits per heavy atom. The Morgan fingerprint density at radius 3 is 2.24 bits per heavy atom. The molecule has 116 valence electrons. The van der Waals surface area contributed by atoms with Gasteiger partial charge >= 0.3 is 0 Å². The van der Waals surface area contributed by atoms with Crippen LogP contribution in [0.15, 0.2) is 24.3 Å². The van der Waals surface area contributed by atoms with Gasteiger partial charge in [-0.3, -0.25) is 4.79 Å². The van der Waals surface area contributed by atoms with Gasteiger partial charge in [0.05, 0.1) is 0 Å². The summed E-state index contributed by atoms with van der Waals surface area (Å²) in [6.07, 6.45) is 3.62. The number of rotatable bonds is 6. The predicted octanol–water partition coefficient (Wildman–Crippen LogP) is 5.03. The first-order chi connectivity index (χ1) is 9.87. The summed E-state index contributed by atoms with van der Waals surface area (Å²) in [5.74, 6) is 1.15. The predicted molar refractivity (Wildman–Crippen MR) is 89.3 cm³/mol. The smallest absolute Gasteiger partial charge is 0.228 e. The number of nitrogens with one attached hydrogen (secondary N) is 1. The normalized spacial score (nSPS) is 19.1. The minimum absolute atomic E-state index is 0.101. The van der Waals surface area contributed by atoms with Gasteiger partial charge in [0.15, 0.2) is 0 Å². The van der Waals surface area contributed by atoms with Crippen LogP contribution in [0.3, 0.4) is 0 Å². The SMILES string of the molecule is CCC(C(C(=O)Nc1ccc(C)cc1)C(C)C)C1(C)CC1. The second-order valence-corrected chi connectivity index (χ2v) is 7.29. The van der Waals surface area contributed by atoms with Crippen molar-refractivity contribution < 1.29 is 4.79 Å². The first-order valence-corrected chi connectivity index (χ1v) is 8.25. The van der Waals surface area contributed by atoms with Gasteiger partial charge in [-0.05, 0) is 49.1 Å². The van der Waals surface area contributed by atoms with E-state index in [2.05, 4.69) is 39.9 Å². The second kappa shape index (κ2) is 6.21. The van der Waals surface area contributed by atoms with Gasteiger partial charge in [-0.15, -0.1) is 0 Å². The molecule has 0 radical (unpaired) electrons. The quantitative estimate of drug-likeness (QED) is 0.781. The van der Waals surface area contributed by atoms with Crippen LogP contribution in [0, 0.1) is 30.1 Å². The maximum Gasteiger partial charge on any atom is 0.228 e. The highest BCUT2D eigenvalue weighted by Gasteiger charge is 2.49. The van der Waals surface area contributed by atoms with Gasteiger partial charge in [0.25, 0.3) is 0 Å². The van der Waals surface area contributed by atoms with Gasteiger partial charge in [0.2, 0.25) is 5.91 Å². The zero-order valence-corrected chi connectivity index (χ0v) is 14.1. The van der Waals surface area contributed by atoms with Crippen molar-refractivity contribution in [3.05, 3.63) is 29.8 Å². The maximum atomic E-state index is 12.8. The van der Waals surface area contributed by atoms with E-state index in [1.54, 1.807) is 0 Å². The molecule has 1 N–H and O–H groups in total. The van der Waals surface area contributed by atoms with E-state index in [-0.39, 0.29) is 11.8 Å². The molecule has 1 aliphatic rings. The summed E-state index contributed by atoms with van der Waals surface area (Å²) in [5, 5.41) is 3.13. The molecule has 1 aliphatic carbocycles. The van der Waals surface area contributed by atoms with Crippen LogP contribution in [0.2, 0.25) is 0 Å². The van der Waals surface area contributed by atoms with Crippen LogP contribution in [0.1, 0.15) is 52.5 Å². The van der Waals surface area contributed by atoms with Crippen molar-refractivity contribution in [1.82, 2.24) is 0 Å². The van der Waals surface area contributed by atoms with Crippen molar-refractivity contribution in [3.8, 4) is 0 Å². The van der Waals surface area contributed by atoms with E-state index in [0.717, 1.165) is 12.1 Å². The number of anilines is 1. The molecule has 2 heteroatoms. The molecule has 0 spiro atoms. The molecule has 0 heterocycles. The standard InChI is InChI=1S/C19H29NO/c1-6-16(19(5)11-12-19)17(13(2)3)18(21)20-15-9-7-14(4)8-10-15/h7-10,13,16-17H,6,11-12H2,1-5H3,(H,20,21). The van der Waals surface area contributed by atoms with Crippen LogP contribution in [0.25, 0.3) is 0 Å². The van der Waals surface area contributed by atoms with Gasteiger partial charge in [-0.1, -0.05) is 51.8 Å². The summed E-state index contributed by atoms with van der Waals surface area (Å²) in [4.78, 5) is 12.8. The number of aryl methyl sites for hydroxylation is 1. The zero-order chi connectivity index (χ0) is 15.6. The van der Waals surface area contributed by atoms with Crippen molar-refractivity contribution in [3.63, 3.8) is 0 Å². The Labute approximate surface area is 129 Å². The Balaban J connectivity index is 2.13. The van der Waals surface area contributed by atoms with E-state index < -0.39 is 0 Å². The molecular weight excluding hydrogens is 258 g/mol. The highest BCUT2D eigenvalue weighted by Crippen LogP contribution is 2.56. The lowest BCUT2D eigenvalue weighted by molar-refractivity contribution is -0.124. The van der Waals surface area contributed by atoms with Crippen molar-refractivity contribution in [2.75, 3.05) is 5.32 Å². The van der Waals surface area contributed by atoms with E-state index in [1.807, 2.05) is 24.3 Å². The number of benzene rings is 1. The topological polar surface area (TPSA) is 29.1 Å². The molecule has 0 aliphatic heterocycles. The van der Waals surface area contributed by atoms with Crippen LogP contribution >= 0.6 is 0 Å². The van der Waals surface area contributed by atoms with Crippen molar-refractivity contribution in [1.29, 1.82) is 0 Å². The number of amides is 1. The lowest BCUT2D eigenvalue weighted by Crippen LogP contribution is -2.36. The summed E-state index contributed by atoms with van der Waals surface area (Å²) in [6.45, 7) is 11.0. The first kappa shape index (κ1) is 16.1. The fourth-order valence-electron chi connectivity index (χ4n) is 3.56. The maximum absolute atomic E-state index is 12.8. The molecule has 2 nitrogen and oxygen atoms in total. The molecule has 0 aromatic heterocycles. The van der Waals surface area contributed by atoms with Gasteiger partial charge in [-0.25, -0.2) is 0 Å². The average Bonchev–Trinajstić information content (AvgIpc) is 3.16.